The SMILES string of the molecule is COc1cccc(OCc2ccc(F)c(O)c2)c1. The van der Waals surface area contributed by atoms with Crippen molar-refractivity contribution in [1.29, 1.82) is 0 Å². The molecule has 0 radical (unpaired) electrons. The second-order valence-electron chi connectivity index (χ2n) is 3.75. The second kappa shape index (κ2) is 5.40. The number of hydrogen-bond acceptors (Lipinski definition) is 3. The molecule has 2 rings (SSSR count). The molecule has 2 aromatic carbocycles. The van der Waals surface area contributed by atoms with Gasteiger partial charge in [0, 0.05) is 6.07 Å². The van der Waals surface area contributed by atoms with E-state index in [0.717, 1.165) is 0 Å². The highest BCUT2D eigenvalue weighted by Crippen LogP contribution is 2.21. The Morgan fingerprint density at radius 2 is 1.89 bits per heavy atom. The van der Waals surface area contributed by atoms with E-state index < -0.39 is 5.82 Å². The van der Waals surface area contributed by atoms with Crippen LogP contribution in [0.3, 0.4) is 0 Å². The van der Waals surface area contributed by atoms with Crippen LogP contribution in [0.4, 0.5) is 4.39 Å². The van der Waals surface area contributed by atoms with Crippen molar-refractivity contribution in [3.05, 3.63) is 53.8 Å². The van der Waals surface area contributed by atoms with Crippen molar-refractivity contribution in [3.63, 3.8) is 0 Å². The van der Waals surface area contributed by atoms with Gasteiger partial charge < -0.3 is 14.6 Å². The zero-order valence-corrected chi connectivity index (χ0v) is 9.89. The average Bonchev–Trinajstić information content (AvgIpc) is 2.40. The van der Waals surface area contributed by atoms with Gasteiger partial charge in [0.2, 0.25) is 0 Å². The fourth-order valence-corrected chi connectivity index (χ4v) is 1.51. The first-order chi connectivity index (χ1) is 8.69. The summed E-state index contributed by atoms with van der Waals surface area (Å²) in [5, 5.41) is 9.23. The first-order valence-electron chi connectivity index (χ1n) is 5.43. The Bertz CT molecular complexity index is 540. The van der Waals surface area contributed by atoms with Crippen LogP contribution in [0.2, 0.25) is 0 Å². The molecule has 0 aliphatic rings. The number of halogens is 1. The predicted octanol–water partition coefficient (Wildman–Crippen LogP) is 3.12. The van der Waals surface area contributed by atoms with E-state index in [-0.39, 0.29) is 12.4 Å². The van der Waals surface area contributed by atoms with Gasteiger partial charge in [0.15, 0.2) is 11.6 Å². The van der Waals surface area contributed by atoms with Crippen LogP contribution in [0.5, 0.6) is 17.2 Å². The van der Waals surface area contributed by atoms with Crippen molar-refractivity contribution < 1.29 is 19.0 Å². The van der Waals surface area contributed by atoms with Gasteiger partial charge in [0.25, 0.3) is 0 Å². The maximum atomic E-state index is 12.9. The third-order valence-corrected chi connectivity index (χ3v) is 2.46. The van der Waals surface area contributed by atoms with E-state index in [1.165, 1.54) is 12.1 Å². The molecule has 0 saturated carbocycles. The van der Waals surface area contributed by atoms with E-state index in [2.05, 4.69) is 0 Å². The van der Waals surface area contributed by atoms with Gasteiger partial charge in [0.05, 0.1) is 7.11 Å². The fourth-order valence-electron chi connectivity index (χ4n) is 1.51. The minimum absolute atomic E-state index is 0.251. The smallest absolute Gasteiger partial charge is 0.164 e. The zero-order chi connectivity index (χ0) is 13.0. The molecule has 4 heteroatoms. The van der Waals surface area contributed by atoms with Crippen molar-refractivity contribution in [2.75, 3.05) is 7.11 Å². The molecule has 2 aromatic rings. The molecule has 0 aromatic heterocycles. The van der Waals surface area contributed by atoms with Crippen LogP contribution >= 0.6 is 0 Å². The number of hydrogen-bond donors (Lipinski definition) is 1. The molecule has 1 N–H and O–H groups in total. The Kier molecular flexibility index (Phi) is 3.67. The molecule has 0 bridgehead atoms. The lowest BCUT2D eigenvalue weighted by atomic mass is 10.2. The van der Waals surface area contributed by atoms with Crippen molar-refractivity contribution in [3.8, 4) is 17.2 Å². The molecule has 0 atom stereocenters. The van der Waals surface area contributed by atoms with Gasteiger partial charge in [0.1, 0.15) is 18.1 Å². The van der Waals surface area contributed by atoms with E-state index in [1.807, 2.05) is 12.1 Å². The normalized spacial score (nSPS) is 10.1. The molecule has 0 saturated heterocycles. The molecular weight excluding hydrogens is 235 g/mol. The van der Waals surface area contributed by atoms with Crippen LogP contribution in [0.25, 0.3) is 0 Å². The largest absolute Gasteiger partial charge is 0.505 e. The highest BCUT2D eigenvalue weighted by molar-refractivity contribution is 5.33. The summed E-state index contributed by atoms with van der Waals surface area (Å²) >= 11 is 0. The monoisotopic (exact) mass is 248 g/mol. The Balaban J connectivity index is 2.04. The van der Waals surface area contributed by atoms with E-state index in [4.69, 9.17) is 9.47 Å². The van der Waals surface area contributed by atoms with Crippen LogP contribution in [0.15, 0.2) is 42.5 Å². The Morgan fingerprint density at radius 3 is 2.61 bits per heavy atom. The van der Waals surface area contributed by atoms with Gasteiger partial charge >= 0.3 is 0 Å². The van der Waals surface area contributed by atoms with Gasteiger partial charge in [-0.25, -0.2) is 4.39 Å². The van der Waals surface area contributed by atoms with Gasteiger partial charge in [-0.05, 0) is 29.8 Å². The summed E-state index contributed by atoms with van der Waals surface area (Å²) < 4.78 is 23.4. The van der Waals surface area contributed by atoms with Gasteiger partial charge in [-0.1, -0.05) is 12.1 Å². The molecule has 94 valence electrons. The summed E-state index contributed by atoms with van der Waals surface area (Å²) in [4.78, 5) is 0. The van der Waals surface area contributed by atoms with Crippen molar-refractivity contribution >= 4 is 0 Å². The predicted molar refractivity (Wildman–Crippen MR) is 65.4 cm³/mol. The molecule has 18 heavy (non-hydrogen) atoms. The van der Waals surface area contributed by atoms with Gasteiger partial charge in [-0.3, -0.25) is 0 Å². The van der Waals surface area contributed by atoms with Gasteiger partial charge in [-0.2, -0.15) is 0 Å². The highest BCUT2D eigenvalue weighted by atomic mass is 19.1. The van der Waals surface area contributed by atoms with E-state index in [9.17, 15) is 9.50 Å². The molecular formula is C14H13FO3. The first-order valence-corrected chi connectivity index (χ1v) is 5.43. The molecule has 0 fully saturated rings. The molecule has 3 nitrogen and oxygen atoms in total. The Morgan fingerprint density at radius 1 is 1.11 bits per heavy atom. The average molecular weight is 248 g/mol. The van der Waals surface area contributed by atoms with Crippen LogP contribution in [-0.4, -0.2) is 12.2 Å². The quantitative estimate of drug-likeness (QED) is 0.903. The molecule has 0 aliphatic heterocycles. The third kappa shape index (κ3) is 2.91. The molecule has 0 heterocycles. The van der Waals surface area contributed by atoms with Crippen molar-refractivity contribution in [2.45, 2.75) is 6.61 Å². The van der Waals surface area contributed by atoms with Gasteiger partial charge in [-0.15, -0.1) is 0 Å². The number of phenols is 1. The van der Waals surface area contributed by atoms with Crippen LogP contribution in [0, 0.1) is 5.82 Å². The summed E-state index contributed by atoms with van der Waals surface area (Å²) in [7, 11) is 1.58. The third-order valence-electron chi connectivity index (χ3n) is 2.46. The minimum Gasteiger partial charge on any atom is -0.505 e. The molecule has 0 amide bonds. The summed E-state index contributed by atoms with van der Waals surface area (Å²) in [6.45, 7) is 0.251. The van der Waals surface area contributed by atoms with Crippen molar-refractivity contribution in [1.82, 2.24) is 0 Å². The van der Waals surface area contributed by atoms with Crippen LogP contribution < -0.4 is 9.47 Å². The fraction of sp³-hybridized carbons (Fsp3) is 0.143. The number of methoxy groups -OCH3 is 1. The number of rotatable bonds is 4. The number of phenolic OH excluding ortho intramolecular Hbond substituents is 1. The van der Waals surface area contributed by atoms with E-state index in [1.54, 1.807) is 25.3 Å². The van der Waals surface area contributed by atoms with E-state index in [0.29, 0.717) is 17.1 Å². The Hall–Kier alpha value is -2.23. The van der Waals surface area contributed by atoms with E-state index >= 15 is 0 Å². The molecule has 0 spiro atoms. The van der Waals surface area contributed by atoms with Crippen LogP contribution in [-0.2, 0) is 6.61 Å². The van der Waals surface area contributed by atoms with Crippen LogP contribution in [0.1, 0.15) is 5.56 Å². The topological polar surface area (TPSA) is 38.7 Å². The maximum absolute atomic E-state index is 12.9. The minimum atomic E-state index is -0.639. The summed E-state index contributed by atoms with van der Waals surface area (Å²) in [5.74, 6) is 0.342. The lowest BCUT2D eigenvalue weighted by Crippen LogP contribution is -1.96. The standard InChI is InChI=1S/C14H13FO3/c1-17-11-3-2-4-12(8-11)18-9-10-5-6-13(15)14(16)7-10/h2-8,16H,9H2,1H3. The van der Waals surface area contributed by atoms with Crippen molar-refractivity contribution in [2.24, 2.45) is 0 Å². The lowest BCUT2D eigenvalue weighted by molar-refractivity contribution is 0.302. The second-order valence-corrected chi connectivity index (χ2v) is 3.75. The summed E-state index contributed by atoms with van der Waals surface area (Å²) in [6.07, 6.45) is 0. The summed E-state index contributed by atoms with van der Waals surface area (Å²) in [6, 6.07) is 11.3. The lowest BCUT2D eigenvalue weighted by Gasteiger charge is -2.08. The number of aromatic hydroxyl groups is 1. The zero-order valence-electron chi connectivity index (χ0n) is 9.89. The maximum Gasteiger partial charge on any atom is 0.164 e. The number of ether oxygens (including phenoxy) is 2. The Labute approximate surface area is 104 Å². The molecule has 0 unspecified atom stereocenters. The highest BCUT2D eigenvalue weighted by Gasteiger charge is 2.03. The number of benzene rings is 2. The molecule has 0 aliphatic carbocycles. The first kappa shape index (κ1) is 12.2. The summed E-state index contributed by atoms with van der Waals surface area (Å²) in [5.41, 5.74) is 0.691.